The van der Waals surface area contributed by atoms with E-state index in [9.17, 15) is 4.79 Å². The summed E-state index contributed by atoms with van der Waals surface area (Å²) in [4.78, 5) is 10.6. The highest BCUT2D eigenvalue weighted by molar-refractivity contribution is 9.10. The second-order valence-corrected chi connectivity index (χ2v) is 5.54. The first-order valence-corrected chi connectivity index (χ1v) is 7.18. The van der Waals surface area contributed by atoms with Crippen LogP contribution in [0.1, 0.15) is 21.5 Å². The first-order chi connectivity index (χ1) is 9.76. The van der Waals surface area contributed by atoms with Gasteiger partial charge < -0.3 is 9.47 Å². The van der Waals surface area contributed by atoms with E-state index in [0.717, 1.165) is 40.8 Å². The molecule has 0 N–H and O–H groups in total. The van der Waals surface area contributed by atoms with E-state index in [0.29, 0.717) is 12.2 Å². The quantitative estimate of drug-likeness (QED) is 0.799. The summed E-state index contributed by atoms with van der Waals surface area (Å²) in [6.07, 6.45) is 1.76. The van der Waals surface area contributed by atoms with Gasteiger partial charge in [-0.15, -0.1) is 0 Å². The summed E-state index contributed by atoms with van der Waals surface area (Å²) in [6.45, 7) is 1.18. The van der Waals surface area contributed by atoms with Gasteiger partial charge in [-0.05, 0) is 42.0 Å². The molecule has 0 fully saturated rings. The largest absolute Gasteiger partial charge is 0.493 e. The molecule has 20 heavy (non-hydrogen) atoms. The lowest BCUT2D eigenvalue weighted by Gasteiger charge is -2.11. The van der Waals surface area contributed by atoms with Gasteiger partial charge in [-0.1, -0.05) is 15.9 Å². The highest BCUT2D eigenvalue weighted by Gasteiger charge is 2.17. The van der Waals surface area contributed by atoms with Crippen molar-refractivity contribution in [2.45, 2.75) is 13.0 Å². The van der Waals surface area contributed by atoms with Crippen LogP contribution in [0.5, 0.6) is 11.5 Å². The van der Waals surface area contributed by atoms with Crippen LogP contribution in [0.2, 0.25) is 0 Å². The summed E-state index contributed by atoms with van der Waals surface area (Å²) in [5.41, 5.74) is 2.89. The molecular formula is C16H13BrO3. The molecular weight excluding hydrogens is 320 g/mol. The zero-order valence-electron chi connectivity index (χ0n) is 10.8. The minimum atomic E-state index is 0.447. The molecule has 0 spiro atoms. The van der Waals surface area contributed by atoms with E-state index in [-0.39, 0.29) is 0 Å². The van der Waals surface area contributed by atoms with Crippen molar-refractivity contribution >= 4 is 22.2 Å². The molecule has 1 heterocycles. The number of hydrogen-bond acceptors (Lipinski definition) is 3. The number of fused-ring (bicyclic) bond motifs is 1. The Balaban J connectivity index is 1.76. The summed E-state index contributed by atoms with van der Waals surface area (Å²) in [5, 5.41) is 0. The van der Waals surface area contributed by atoms with Crippen molar-refractivity contribution in [3.05, 3.63) is 57.6 Å². The van der Waals surface area contributed by atoms with Crippen LogP contribution in [0, 0.1) is 0 Å². The van der Waals surface area contributed by atoms with Crippen LogP contribution >= 0.6 is 15.9 Å². The maximum atomic E-state index is 10.6. The lowest BCUT2D eigenvalue weighted by molar-refractivity contribution is 0.112. The van der Waals surface area contributed by atoms with E-state index in [1.54, 1.807) is 24.3 Å². The lowest BCUT2D eigenvalue weighted by Crippen LogP contribution is -1.99. The molecule has 0 aliphatic carbocycles. The van der Waals surface area contributed by atoms with Gasteiger partial charge in [0, 0.05) is 22.0 Å². The van der Waals surface area contributed by atoms with E-state index >= 15 is 0 Å². The monoisotopic (exact) mass is 332 g/mol. The van der Waals surface area contributed by atoms with Gasteiger partial charge >= 0.3 is 0 Å². The van der Waals surface area contributed by atoms with Crippen molar-refractivity contribution in [3.63, 3.8) is 0 Å². The van der Waals surface area contributed by atoms with Gasteiger partial charge in [0.05, 0.1) is 6.61 Å². The van der Waals surface area contributed by atoms with Gasteiger partial charge in [-0.2, -0.15) is 0 Å². The summed E-state index contributed by atoms with van der Waals surface area (Å²) >= 11 is 3.51. The fraction of sp³-hybridized carbons (Fsp3) is 0.188. The van der Waals surface area contributed by atoms with Gasteiger partial charge in [0.1, 0.15) is 24.4 Å². The lowest BCUT2D eigenvalue weighted by atomic mass is 10.1. The zero-order valence-corrected chi connectivity index (χ0v) is 12.4. The Bertz CT molecular complexity index is 635. The molecule has 0 unspecified atom stereocenters. The average molecular weight is 333 g/mol. The Morgan fingerprint density at radius 2 is 2.05 bits per heavy atom. The molecule has 2 aromatic carbocycles. The molecule has 0 amide bonds. The number of halogens is 1. The maximum absolute atomic E-state index is 10.6. The summed E-state index contributed by atoms with van der Waals surface area (Å²) in [5.74, 6) is 1.68. The molecule has 4 heteroatoms. The van der Waals surface area contributed by atoms with E-state index in [4.69, 9.17) is 9.47 Å². The fourth-order valence-electron chi connectivity index (χ4n) is 2.26. The van der Waals surface area contributed by atoms with E-state index in [1.165, 1.54) is 5.56 Å². The molecule has 2 aromatic rings. The highest BCUT2D eigenvalue weighted by atomic mass is 79.9. The SMILES string of the molecule is O=Cc1ccc(OCc2cc(Br)cc3c2OCC3)cc1. The van der Waals surface area contributed by atoms with Crippen molar-refractivity contribution in [2.75, 3.05) is 6.61 Å². The highest BCUT2D eigenvalue weighted by Crippen LogP contribution is 2.33. The number of carbonyl (C=O) groups is 1. The first-order valence-electron chi connectivity index (χ1n) is 6.38. The van der Waals surface area contributed by atoms with Gasteiger partial charge in [0.2, 0.25) is 0 Å². The van der Waals surface area contributed by atoms with Crippen LogP contribution in [-0.4, -0.2) is 12.9 Å². The number of hydrogen-bond donors (Lipinski definition) is 0. The summed E-state index contributed by atoms with van der Waals surface area (Å²) in [6, 6.07) is 11.2. The standard InChI is InChI=1S/C16H13BrO3/c17-14-7-12-5-6-19-16(12)13(8-14)10-20-15-3-1-11(9-18)2-4-15/h1-4,7-9H,5-6,10H2. The van der Waals surface area contributed by atoms with Crippen LogP contribution in [0.15, 0.2) is 40.9 Å². The van der Waals surface area contributed by atoms with Crippen LogP contribution in [0.3, 0.4) is 0 Å². The van der Waals surface area contributed by atoms with Gasteiger partial charge in [0.25, 0.3) is 0 Å². The minimum absolute atomic E-state index is 0.447. The Labute approximate surface area is 125 Å². The Morgan fingerprint density at radius 3 is 2.80 bits per heavy atom. The molecule has 0 radical (unpaired) electrons. The zero-order chi connectivity index (χ0) is 13.9. The van der Waals surface area contributed by atoms with Crippen molar-refractivity contribution in [1.29, 1.82) is 0 Å². The molecule has 1 aliphatic rings. The van der Waals surface area contributed by atoms with Crippen LogP contribution in [0.4, 0.5) is 0 Å². The van der Waals surface area contributed by atoms with Crippen molar-refractivity contribution in [2.24, 2.45) is 0 Å². The average Bonchev–Trinajstić information content (AvgIpc) is 2.93. The van der Waals surface area contributed by atoms with Crippen LogP contribution in [0.25, 0.3) is 0 Å². The van der Waals surface area contributed by atoms with Crippen molar-refractivity contribution in [3.8, 4) is 11.5 Å². The minimum Gasteiger partial charge on any atom is -0.493 e. The second-order valence-electron chi connectivity index (χ2n) is 4.63. The Morgan fingerprint density at radius 1 is 1.25 bits per heavy atom. The van der Waals surface area contributed by atoms with Gasteiger partial charge in [-0.3, -0.25) is 4.79 Å². The maximum Gasteiger partial charge on any atom is 0.150 e. The van der Waals surface area contributed by atoms with Crippen LogP contribution in [-0.2, 0) is 13.0 Å². The van der Waals surface area contributed by atoms with E-state index in [2.05, 4.69) is 22.0 Å². The molecule has 0 saturated heterocycles. The predicted molar refractivity (Wildman–Crippen MR) is 79.5 cm³/mol. The van der Waals surface area contributed by atoms with E-state index < -0.39 is 0 Å². The Hall–Kier alpha value is -1.81. The number of carbonyl (C=O) groups excluding carboxylic acids is 1. The molecule has 3 nitrogen and oxygen atoms in total. The van der Waals surface area contributed by atoms with Crippen molar-refractivity contribution in [1.82, 2.24) is 0 Å². The normalized spacial score (nSPS) is 12.7. The smallest absolute Gasteiger partial charge is 0.150 e. The third-order valence-corrected chi connectivity index (χ3v) is 3.69. The van der Waals surface area contributed by atoms with Gasteiger partial charge in [-0.25, -0.2) is 0 Å². The second kappa shape index (κ2) is 5.67. The number of rotatable bonds is 4. The molecule has 0 saturated carbocycles. The van der Waals surface area contributed by atoms with Gasteiger partial charge in [0.15, 0.2) is 0 Å². The molecule has 3 rings (SSSR count). The van der Waals surface area contributed by atoms with Crippen LogP contribution < -0.4 is 9.47 Å². The molecule has 0 aromatic heterocycles. The molecule has 1 aliphatic heterocycles. The molecule has 0 bridgehead atoms. The van der Waals surface area contributed by atoms with Crippen molar-refractivity contribution < 1.29 is 14.3 Å². The predicted octanol–water partition coefficient (Wildman–Crippen LogP) is 3.78. The molecule has 102 valence electrons. The topological polar surface area (TPSA) is 35.5 Å². The number of ether oxygens (including phenoxy) is 2. The molecule has 0 atom stereocenters. The third kappa shape index (κ3) is 2.70. The third-order valence-electron chi connectivity index (χ3n) is 3.24. The fourth-order valence-corrected chi connectivity index (χ4v) is 2.81. The number of aldehydes is 1. The Kier molecular flexibility index (Phi) is 3.74. The summed E-state index contributed by atoms with van der Waals surface area (Å²) < 4.78 is 12.5. The summed E-state index contributed by atoms with van der Waals surface area (Å²) in [7, 11) is 0. The first kappa shape index (κ1) is 13.2. The van der Waals surface area contributed by atoms with E-state index in [1.807, 2.05) is 6.07 Å². The number of benzene rings is 2.